The topological polar surface area (TPSA) is 15.6 Å². The molecule has 3 heteroatoms. The second kappa shape index (κ2) is 5.76. The zero-order chi connectivity index (χ0) is 9.97. The summed E-state index contributed by atoms with van der Waals surface area (Å²) in [7, 11) is 2.01. The van der Waals surface area contributed by atoms with Gasteiger partial charge in [0.25, 0.3) is 0 Å². The number of rotatable bonds is 2. The van der Waals surface area contributed by atoms with Gasteiger partial charge in [0, 0.05) is 45.8 Å². The van der Waals surface area contributed by atoms with Gasteiger partial charge in [0.15, 0.2) is 0 Å². The van der Waals surface area contributed by atoms with Crippen molar-refractivity contribution in [1.82, 2.24) is 5.01 Å². The van der Waals surface area contributed by atoms with Crippen molar-refractivity contribution < 1.29 is 32.7 Å². The number of hydrogen-bond acceptors (Lipinski definition) is 2. The predicted molar refractivity (Wildman–Crippen MR) is 59.0 cm³/mol. The van der Waals surface area contributed by atoms with Crippen LogP contribution in [0.1, 0.15) is 5.56 Å². The van der Waals surface area contributed by atoms with Crippen molar-refractivity contribution in [2.45, 2.75) is 12.5 Å². The van der Waals surface area contributed by atoms with Crippen LogP contribution in [0.4, 0.5) is 0 Å². The molecule has 1 radical (unpaired) electrons. The molecule has 1 aromatic carbocycles. The van der Waals surface area contributed by atoms with Crippen LogP contribution in [0.3, 0.4) is 0 Å². The van der Waals surface area contributed by atoms with Gasteiger partial charge in [0.05, 0.1) is 0 Å². The Morgan fingerprint density at radius 2 is 2.00 bits per heavy atom. The number of likely N-dealkylation sites (N-methyl/N-ethyl adjacent to an activating group) is 1. The summed E-state index contributed by atoms with van der Waals surface area (Å²) in [6, 6.07) is 10.9. The van der Waals surface area contributed by atoms with Crippen molar-refractivity contribution in [2.24, 2.45) is 11.0 Å². The number of hydrogen-bond donors (Lipinski definition) is 0. The van der Waals surface area contributed by atoms with E-state index in [-0.39, 0.29) is 32.7 Å². The van der Waals surface area contributed by atoms with Gasteiger partial charge < -0.3 is 6.92 Å². The Kier molecular flexibility index (Phi) is 4.94. The predicted octanol–water partition coefficient (Wildman–Crippen LogP) is 1.98. The second-order valence-electron chi connectivity index (χ2n) is 3.76. The number of nitrogens with zero attached hydrogens (tertiary/aromatic N) is 2. The van der Waals surface area contributed by atoms with E-state index in [4.69, 9.17) is 0 Å². The van der Waals surface area contributed by atoms with Crippen molar-refractivity contribution in [3.63, 3.8) is 0 Å². The maximum absolute atomic E-state index is 4.24. The van der Waals surface area contributed by atoms with Crippen molar-refractivity contribution in [2.75, 3.05) is 7.05 Å². The molecular formula is C12H15N2Y-. The Bertz CT molecular complexity index is 312. The van der Waals surface area contributed by atoms with Crippen LogP contribution in [-0.2, 0) is 39.1 Å². The van der Waals surface area contributed by atoms with E-state index >= 15 is 0 Å². The van der Waals surface area contributed by atoms with Gasteiger partial charge in [-0.25, -0.2) is 0 Å². The minimum atomic E-state index is 0. The monoisotopic (exact) mass is 276 g/mol. The molecule has 1 aliphatic heterocycles. The van der Waals surface area contributed by atoms with Crippen LogP contribution >= 0.6 is 0 Å². The molecule has 2 unspecified atom stereocenters. The Hall–Kier alpha value is -0.206. The summed E-state index contributed by atoms with van der Waals surface area (Å²) in [6.45, 7) is 4.07. The van der Waals surface area contributed by atoms with Crippen LogP contribution in [0.5, 0.6) is 0 Å². The summed E-state index contributed by atoms with van der Waals surface area (Å²) in [4.78, 5) is 0. The van der Waals surface area contributed by atoms with Crippen molar-refractivity contribution in [3.05, 3.63) is 42.8 Å². The van der Waals surface area contributed by atoms with E-state index in [9.17, 15) is 0 Å². The fraction of sp³-hybridized carbons (Fsp3) is 0.333. The fourth-order valence-corrected chi connectivity index (χ4v) is 1.79. The molecule has 0 bridgehead atoms. The summed E-state index contributed by atoms with van der Waals surface area (Å²) < 4.78 is 0. The van der Waals surface area contributed by atoms with Gasteiger partial charge in [-0.05, 0) is 18.2 Å². The first-order valence-electron chi connectivity index (χ1n) is 4.91. The van der Waals surface area contributed by atoms with Gasteiger partial charge in [0.2, 0.25) is 0 Å². The minimum absolute atomic E-state index is 0. The molecule has 1 aliphatic rings. The van der Waals surface area contributed by atoms with E-state index in [1.165, 1.54) is 5.56 Å². The minimum Gasteiger partial charge on any atom is -0.333 e. The maximum atomic E-state index is 4.24. The molecule has 0 spiro atoms. The molecule has 0 N–H and O–H groups in total. The Morgan fingerprint density at radius 1 is 1.33 bits per heavy atom. The Labute approximate surface area is 117 Å². The second-order valence-corrected chi connectivity index (χ2v) is 3.76. The summed E-state index contributed by atoms with van der Waals surface area (Å²) in [5.41, 5.74) is 1.35. The summed E-state index contributed by atoms with van der Waals surface area (Å²) in [6.07, 6.45) is 2.94. The molecule has 1 heterocycles. The smallest absolute Gasteiger partial charge is 0.0311 e. The van der Waals surface area contributed by atoms with Crippen LogP contribution in [0, 0.1) is 12.8 Å². The number of benzene rings is 1. The Balaban J connectivity index is 0.00000112. The first-order chi connectivity index (χ1) is 6.77. The van der Waals surface area contributed by atoms with Gasteiger partial charge in [-0.2, -0.15) is 5.10 Å². The Morgan fingerprint density at radius 3 is 2.53 bits per heavy atom. The van der Waals surface area contributed by atoms with Crippen LogP contribution in [0.2, 0.25) is 0 Å². The van der Waals surface area contributed by atoms with Crippen LogP contribution < -0.4 is 0 Å². The molecule has 0 aliphatic carbocycles. The molecule has 0 fully saturated rings. The molecule has 1 aromatic rings. The summed E-state index contributed by atoms with van der Waals surface area (Å²) >= 11 is 0. The maximum Gasteiger partial charge on any atom is 0.0311 e. The van der Waals surface area contributed by atoms with Crippen molar-refractivity contribution in [1.29, 1.82) is 0 Å². The van der Waals surface area contributed by atoms with E-state index in [0.717, 1.165) is 6.42 Å². The van der Waals surface area contributed by atoms with E-state index in [1.807, 2.05) is 24.3 Å². The van der Waals surface area contributed by atoms with Crippen molar-refractivity contribution >= 4 is 6.21 Å². The molecule has 77 valence electrons. The fourth-order valence-electron chi connectivity index (χ4n) is 1.79. The molecular weight excluding hydrogens is 261 g/mol. The van der Waals surface area contributed by atoms with Gasteiger partial charge in [-0.3, -0.25) is 5.01 Å². The average Bonchev–Trinajstić information content (AvgIpc) is 2.51. The largest absolute Gasteiger partial charge is 0.333 e. The first-order valence-corrected chi connectivity index (χ1v) is 4.91. The third-order valence-electron chi connectivity index (χ3n) is 2.70. The van der Waals surface area contributed by atoms with E-state index in [0.29, 0.717) is 12.0 Å². The third-order valence-corrected chi connectivity index (χ3v) is 2.70. The van der Waals surface area contributed by atoms with Gasteiger partial charge >= 0.3 is 0 Å². The summed E-state index contributed by atoms with van der Waals surface area (Å²) in [5, 5.41) is 6.25. The van der Waals surface area contributed by atoms with Crippen molar-refractivity contribution in [3.8, 4) is 0 Å². The van der Waals surface area contributed by atoms with E-state index in [1.54, 1.807) is 0 Å². The quantitative estimate of drug-likeness (QED) is 0.754. The average molecular weight is 276 g/mol. The zero-order valence-corrected chi connectivity index (χ0v) is 11.8. The molecule has 0 amide bonds. The zero-order valence-electron chi connectivity index (χ0n) is 9.00. The standard InChI is InChI=1S/C12H15N2.Y/c1-10-9-13-14(2)12(10)8-11-6-4-3-5-7-11;/h3-7,9-10,12H,1,8H2,2H3;/q-1;. The number of hydrazone groups is 1. The molecule has 0 saturated carbocycles. The van der Waals surface area contributed by atoms with E-state index < -0.39 is 0 Å². The molecule has 2 atom stereocenters. The normalized spacial score (nSPS) is 24.0. The SMILES string of the molecule is [CH2-]C1C=NN(C)C1Cc1ccccc1.[Y]. The third kappa shape index (κ3) is 3.12. The molecule has 2 nitrogen and oxygen atoms in total. The first kappa shape index (κ1) is 12.9. The van der Waals surface area contributed by atoms with Gasteiger partial charge in [0.1, 0.15) is 0 Å². The van der Waals surface area contributed by atoms with E-state index in [2.05, 4.69) is 36.3 Å². The van der Waals surface area contributed by atoms with Crippen LogP contribution in [0.25, 0.3) is 0 Å². The molecule has 0 aromatic heterocycles. The van der Waals surface area contributed by atoms with Crippen LogP contribution in [-0.4, -0.2) is 24.3 Å². The van der Waals surface area contributed by atoms with Gasteiger partial charge in [-0.1, -0.05) is 30.3 Å². The summed E-state index contributed by atoms with van der Waals surface area (Å²) in [5.74, 6) is 0.306. The molecule has 0 saturated heterocycles. The van der Waals surface area contributed by atoms with Crippen LogP contribution in [0.15, 0.2) is 35.4 Å². The van der Waals surface area contributed by atoms with Gasteiger partial charge in [-0.15, -0.1) is 5.92 Å². The molecule has 15 heavy (non-hydrogen) atoms. The molecule has 2 rings (SSSR count).